The molecule has 1 N–H and O–H groups in total. The standard InChI is InChI=1S/C30H29N3O/c1-32-18-17-24-19-25(13-16-27(24)32)31-30(34)29-20-23-9-5-6-10-28(23)33(29)26-14-11-22(12-15-26)21-7-3-2-4-8-21/h5-6,9-21H,2-4,7-8H2,1H3,(H,31,34). The summed E-state index contributed by atoms with van der Waals surface area (Å²) in [5, 5.41) is 5.29. The molecular formula is C30H29N3O. The predicted molar refractivity (Wildman–Crippen MR) is 140 cm³/mol. The van der Waals surface area contributed by atoms with Gasteiger partial charge in [-0.05, 0) is 72.9 Å². The number of fused-ring (bicyclic) bond motifs is 2. The number of hydrogen-bond donors (Lipinski definition) is 1. The zero-order valence-electron chi connectivity index (χ0n) is 19.5. The van der Waals surface area contributed by atoms with Crippen molar-refractivity contribution < 1.29 is 4.79 Å². The first-order valence-electron chi connectivity index (χ1n) is 12.2. The lowest BCUT2D eigenvalue weighted by molar-refractivity contribution is 0.102. The maximum Gasteiger partial charge on any atom is 0.272 e. The van der Waals surface area contributed by atoms with Crippen molar-refractivity contribution >= 4 is 33.4 Å². The normalized spacial score (nSPS) is 14.6. The molecule has 1 aliphatic rings. The van der Waals surface area contributed by atoms with Crippen molar-refractivity contribution in [2.45, 2.75) is 38.0 Å². The van der Waals surface area contributed by atoms with Crippen LogP contribution in [0.2, 0.25) is 0 Å². The van der Waals surface area contributed by atoms with Crippen molar-refractivity contribution in [2.75, 3.05) is 5.32 Å². The third kappa shape index (κ3) is 3.69. The van der Waals surface area contributed by atoms with Gasteiger partial charge in [-0.25, -0.2) is 0 Å². The van der Waals surface area contributed by atoms with E-state index in [0.29, 0.717) is 11.6 Å². The molecule has 1 aliphatic carbocycles. The second-order valence-electron chi connectivity index (χ2n) is 9.50. The molecule has 1 fully saturated rings. The zero-order chi connectivity index (χ0) is 23.1. The van der Waals surface area contributed by atoms with Gasteiger partial charge in [-0.2, -0.15) is 0 Å². The fourth-order valence-corrected chi connectivity index (χ4v) is 5.49. The highest BCUT2D eigenvalue weighted by Crippen LogP contribution is 2.34. The molecule has 0 saturated heterocycles. The van der Waals surface area contributed by atoms with Crippen LogP contribution in [-0.4, -0.2) is 15.0 Å². The van der Waals surface area contributed by atoms with Crippen LogP contribution in [0, 0.1) is 0 Å². The second-order valence-corrected chi connectivity index (χ2v) is 9.50. The number of carbonyl (C=O) groups excluding carboxylic acids is 1. The summed E-state index contributed by atoms with van der Waals surface area (Å²) >= 11 is 0. The number of carbonyl (C=O) groups is 1. The van der Waals surface area contributed by atoms with Crippen molar-refractivity contribution in [3.63, 3.8) is 0 Å². The molecule has 6 rings (SSSR count). The van der Waals surface area contributed by atoms with Crippen LogP contribution < -0.4 is 5.32 Å². The third-order valence-corrected chi connectivity index (χ3v) is 7.31. The Kier molecular flexibility index (Phi) is 5.21. The number of rotatable bonds is 4. The van der Waals surface area contributed by atoms with Crippen LogP contribution in [0.3, 0.4) is 0 Å². The fourth-order valence-electron chi connectivity index (χ4n) is 5.49. The largest absolute Gasteiger partial charge is 0.351 e. The molecule has 4 heteroatoms. The van der Waals surface area contributed by atoms with E-state index in [4.69, 9.17) is 0 Å². The van der Waals surface area contributed by atoms with E-state index in [1.54, 1.807) is 0 Å². The highest BCUT2D eigenvalue weighted by atomic mass is 16.1. The van der Waals surface area contributed by atoms with Gasteiger partial charge in [0.2, 0.25) is 0 Å². The van der Waals surface area contributed by atoms with Gasteiger partial charge in [-0.3, -0.25) is 4.79 Å². The smallest absolute Gasteiger partial charge is 0.272 e. The summed E-state index contributed by atoms with van der Waals surface area (Å²) in [7, 11) is 2.03. The molecule has 0 atom stereocenters. The van der Waals surface area contributed by atoms with Gasteiger partial charge in [0.1, 0.15) is 5.69 Å². The number of benzene rings is 3. The monoisotopic (exact) mass is 447 g/mol. The molecular weight excluding hydrogens is 418 g/mol. The van der Waals surface area contributed by atoms with Crippen LogP contribution in [0.5, 0.6) is 0 Å². The van der Waals surface area contributed by atoms with Gasteiger partial charge in [0, 0.05) is 40.9 Å². The van der Waals surface area contributed by atoms with Gasteiger partial charge in [0.25, 0.3) is 5.91 Å². The maximum absolute atomic E-state index is 13.5. The van der Waals surface area contributed by atoms with E-state index in [1.807, 2.05) is 49.6 Å². The number of anilines is 1. The molecule has 3 aromatic carbocycles. The number of hydrogen-bond acceptors (Lipinski definition) is 1. The van der Waals surface area contributed by atoms with Crippen LogP contribution in [-0.2, 0) is 7.05 Å². The Balaban J connectivity index is 1.36. The Hall–Kier alpha value is -3.79. The topological polar surface area (TPSA) is 39.0 Å². The van der Waals surface area contributed by atoms with E-state index in [1.165, 1.54) is 37.7 Å². The van der Waals surface area contributed by atoms with Crippen molar-refractivity contribution in [3.05, 3.63) is 96.3 Å². The molecule has 1 saturated carbocycles. The maximum atomic E-state index is 13.5. The van der Waals surface area contributed by atoms with Crippen molar-refractivity contribution in [3.8, 4) is 5.69 Å². The Labute approximate surface area is 199 Å². The summed E-state index contributed by atoms with van der Waals surface area (Å²) in [4.78, 5) is 13.5. The van der Waals surface area contributed by atoms with Gasteiger partial charge in [0.05, 0.1) is 5.52 Å². The summed E-state index contributed by atoms with van der Waals surface area (Å²) in [6.07, 6.45) is 8.61. The van der Waals surface area contributed by atoms with Crippen LogP contribution in [0.15, 0.2) is 85.1 Å². The Morgan fingerprint density at radius 1 is 0.824 bits per heavy atom. The van der Waals surface area contributed by atoms with Crippen LogP contribution in [0.1, 0.15) is 54.1 Å². The lowest BCUT2D eigenvalue weighted by atomic mass is 9.84. The number of nitrogens with zero attached hydrogens (tertiary/aromatic N) is 2. The van der Waals surface area contributed by atoms with E-state index < -0.39 is 0 Å². The molecule has 34 heavy (non-hydrogen) atoms. The first-order chi connectivity index (χ1) is 16.7. The van der Waals surface area contributed by atoms with Crippen LogP contribution in [0.25, 0.3) is 27.5 Å². The van der Waals surface area contributed by atoms with Gasteiger partial charge in [-0.1, -0.05) is 49.6 Å². The molecule has 5 aromatic rings. The van der Waals surface area contributed by atoms with Crippen LogP contribution >= 0.6 is 0 Å². The molecule has 1 amide bonds. The molecule has 4 nitrogen and oxygen atoms in total. The van der Waals surface area contributed by atoms with E-state index in [2.05, 4.69) is 56.9 Å². The van der Waals surface area contributed by atoms with Crippen molar-refractivity contribution in [1.29, 1.82) is 0 Å². The SMILES string of the molecule is Cn1ccc2cc(NC(=O)c3cc4ccccc4n3-c3ccc(C4CCCCC4)cc3)ccc21. The fraction of sp³-hybridized carbons (Fsp3) is 0.233. The number of aryl methyl sites for hydroxylation is 1. The summed E-state index contributed by atoms with van der Waals surface area (Å²) in [5.41, 5.74) is 6.06. The number of nitrogens with one attached hydrogen (secondary N) is 1. The van der Waals surface area contributed by atoms with Crippen molar-refractivity contribution in [2.24, 2.45) is 7.05 Å². The zero-order valence-corrected chi connectivity index (χ0v) is 19.5. The summed E-state index contributed by atoms with van der Waals surface area (Å²) in [6, 6.07) is 27.1. The Morgan fingerprint density at radius 3 is 2.41 bits per heavy atom. The molecule has 0 unspecified atom stereocenters. The molecule has 0 bridgehead atoms. The van der Waals surface area contributed by atoms with E-state index in [-0.39, 0.29) is 5.91 Å². The number of para-hydroxylation sites is 1. The predicted octanol–water partition coefficient (Wildman–Crippen LogP) is 7.42. The minimum Gasteiger partial charge on any atom is -0.351 e. The first kappa shape index (κ1) is 20.8. The summed E-state index contributed by atoms with van der Waals surface area (Å²) in [6.45, 7) is 0. The number of aromatic nitrogens is 2. The summed E-state index contributed by atoms with van der Waals surface area (Å²) in [5.74, 6) is 0.558. The van der Waals surface area contributed by atoms with E-state index in [9.17, 15) is 4.79 Å². The van der Waals surface area contributed by atoms with E-state index >= 15 is 0 Å². The molecule has 0 aliphatic heterocycles. The number of amides is 1. The lowest BCUT2D eigenvalue weighted by Gasteiger charge is -2.22. The van der Waals surface area contributed by atoms with E-state index in [0.717, 1.165) is 33.2 Å². The molecule has 2 aromatic heterocycles. The average molecular weight is 448 g/mol. The van der Waals surface area contributed by atoms with Crippen molar-refractivity contribution in [1.82, 2.24) is 9.13 Å². The minimum absolute atomic E-state index is 0.108. The van der Waals surface area contributed by atoms with Gasteiger partial charge in [-0.15, -0.1) is 0 Å². The second kappa shape index (κ2) is 8.53. The van der Waals surface area contributed by atoms with Gasteiger partial charge in [0.15, 0.2) is 0 Å². The molecule has 2 heterocycles. The molecule has 0 radical (unpaired) electrons. The van der Waals surface area contributed by atoms with Gasteiger partial charge >= 0.3 is 0 Å². The minimum atomic E-state index is -0.108. The third-order valence-electron chi connectivity index (χ3n) is 7.31. The Morgan fingerprint density at radius 2 is 1.59 bits per heavy atom. The highest BCUT2D eigenvalue weighted by Gasteiger charge is 2.19. The molecule has 0 spiro atoms. The quantitative estimate of drug-likeness (QED) is 0.306. The summed E-state index contributed by atoms with van der Waals surface area (Å²) < 4.78 is 4.16. The van der Waals surface area contributed by atoms with Gasteiger partial charge < -0.3 is 14.5 Å². The Bertz CT molecular complexity index is 1480. The first-order valence-corrected chi connectivity index (χ1v) is 12.2. The average Bonchev–Trinajstić information content (AvgIpc) is 3.45. The van der Waals surface area contributed by atoms with Crippen LogP contribution in [0.4, 0.5) is 5.69 Å². The highest BCUT2D eigenvalue weighted by molar-refractivity contribution is 6.07. The lowest BCUT2D eigenvalue weighted by Crippen LogP contribution is -2.16. The molecule has 170 valence electrons.